The zero-order valence-electron chi connectivity index (χ0n) is 13.5. The molecule has 0 bridgehead atoms. The van der Waals surface area contributed by atoms with Crippen LogP contribution in [0.1, 0.15) is 17.3 Å². The smallest absolute Gasteiger partial charge is 0.497 e. The number of halogens is 3. The van der Waals surface area contributed by atoms with Crippen LogP contribution in [-0.2, 0) is 10.1 Å². The lowest BCUT2D eigenvalue weighted by Gasteiger charge is -2.13. The molecule has 0 amide bonds. The van der Waals surface area contributed by atoms with Gasteiger partial charge in [-0.15, -0.1) is 13.2 Å². The zero-order valence-corrected chi connectivity index (χ0v) is 14.3. The summed E-state index contributed by atoms with van der Waals surface area (Å²) >= 11 is 0. The fourth-order valence-electron chi connectivity index (χ4n) is 1.98. The summed E-state index contributed by atoms with van der Waals surface area (Å²) in [5, 5.41) is 0. The lowest BCUT2D eigenvalue weighted by molar-refractivity contribution is -0.274. The van der Waals surface area contributed by atoms with Gasteiger partial charge in [-0.05, 0) is 31.2 Å². The molecule has 0 radical (unpaired) electrons. The van der Waals surface area contributed by atoms with Crippen molar-refractivity contribution in [3.05, 3.63) is 48.0 Å². The minimum absolute atomic E-state index is 0.0305. The molecule has 0 spiro atoms. The molecule has 0 N–H and O–H groups in total. The Balaban J connectivity index is 2.41. The van der Waals surface area contributed by atoms with Gasteiger partial charge in [-0.3, -0.25) is 4.79 Å². The summed E-state index contributed by atoms with van der Waals surface area (Å²) in [4.78, 5) is 11.1. The van der Waals surface area contributed by atoms with Crippen molar-refractivity contribution >= 4 is 15.9 Å². The molecular formula is C16H13F3O6S. The van der Waals surface area contributed by atoms with Crippen LogP contribution in [0.4, 0.5) is 13.2 Å². The van der Waals surface area contributed by atoms with Crippen LogP contribution < -0.4 is 13.7 Å². The third kappa shape index (κ3) is 4.88. The summed E-state index contributed by atoms with van der Waals surface area (Å²) in [7, 11) is -3.20. The number of ketones is 1. The van der Waals surface area contributed by atoms with Crippen LogP contribution in [0.2, 0.25) is 0 Å². The van der Waals surface area contributed by atoms with Crippen molar-refractivity contribution in [2.24, 2.45) is 0 Å². The van der Waals surface area contributed by atoms with Crippen LogP contribution >= 0.6 is 0 Å². The maximum atomic E-state index is 12.4. The molecule has 2 aromatic rings. The Morgan fingerprint density at radius 2 is 1.73 bits per heavy atom. The molecule has 26 heavy (non-hydrogen) atoms. The molecule has 2 aromatic carbocycles. The SMILES string of the molecule is COc1ccc(C(C)=O)c(OS(=O)(=O)c2cccc(OC(F)(F)F)c2)c1. The standard InChI is InChI=1S/C16H13F3O6S/c1-10(20)14-7-6-11(23-2)9-15(14)25-26(21,22)13-5-3-4-12(8-13)24-16(17,18)19/h3-9H,1-2H3. The van der Waals surface area contributed by atoms with Crippen LogP contribution in [0.5, 0.6) is 17.2 Å². The summed E-state index contributed by atoms with van der Waals surface area (Å²) in [6.45, 7) is 1.21. The van der Waals surface area contributed by atoms with Crippen LogP contribution in [0, 0.1) is 0 Å². The van der Waals surface area contributed by atoms with Gasteiger partial charge in [-0.2, -0.15) is 8.42 Å². The summed E-state index contributed by atoms with van der Waals surface area (Å²) in [6, 6.07) is 7.64. The number of carbonyl (C=O) groups excluding carboxylic acids is 1. The van der Waals surface area contributed by atoms with Crippen LogP contribution in [0.3, 0.4) is 0 Å². The monoisotopic (exact) mass is 390 g/mol. The molecule has 0 aromatic heterocycles. The second kappa shape index (κ2) is 7.24. The Labute approximate surface area is 147 Å². The average Bonchev–Trinajstić information content (AvgIpc) is 2.52. The summed E-state index contributed by atoms with van der Waals surface area (Å²) in [6.07, 6.45) is -4.97. The van der Waals surface area contributed by atoms with E-state index in [-0.39, 0.29) is 17.1 Å². The molecule has 6 nitrogen and oxygen atoms in total. The van der Waals surface area contributed by atoms with Crippen LogP contribution in [0.25, 0.3) is 0 Å². The number of methoxy groups -OCH3 is 1. The van der Waals surface area contributed by atoms with Crippen molar-refractivity contribution in [2.45, 2.75) is 18.2 Å². The van der Waals surface area contributed by atoms with Crippen molar-refractivity contribution < 1.29 is 40.0 Å². The number of rotatable bonds is 6. The molecule has 0 saturated carbocycles. The molecule has 2 rings (SSSR count). The topological polar surface area (TPSA) is 78.9 Å². The van der Waals surface area contributed by atoms with Crippen molar-refractivity contribution in [3.8, 4) is 17.2 Å². The highest BCUT2D eigenvalue weighted by atomic mass is 32.2. The summed E-state index contributed by atoms with van der Waals surface area (Å²) in [5.74, 6) is -1.26. The Bertz CT molecular complexity index is 922. The van der Waals surface area contributed by atoms with E-state index in [2.05, 4.69) is 4.74 Å². The maximum absolute atomic E-state index is 12.4. The van der Waals surface area contributed by atoms with E-state index in [1.54, 1.807) is 0 Å². The van der Waals surface area contributed by atoms with E-state index in [0.717, 1.165) is 18.2 Å². The maximum Gasteiger partial charge on any atom is 0.573 e. The minimum Gasteiger partial charge on any atom is -0.497 e. The van der Waals surface area contributed by atoms with E-state index in [0.29, 0.717) is 6.07 Å². The molecule has 10 heteroatoms. The second-order valence-electron chi connectivity index (χ2n) is 4.98. The van der Waals surface area contributed by atoms with Crippen molar-refractivity contribution in [1.82, 2.24) is 0 Å². The fourth-order valence-corrected chi connectivity index (χ4v) is 2.96. The molecular weight excluding hydrogens is 377 g/mol. The van der Waals surface area contributed by atoms with Gasteiger partial charge in [0.1, 0.15) is 16.4 Å². The lowest BCUT2D eigenvalue weighted by atomic mass is 10.1. The van der Waals surface area contributed by atoms with Gasteiger partial charge in [0.2, 0.25) is 0 Å². The van der Waals surface area contributed by atoms with Gasteiger partial charge in [-0.1, -0.05) is 6.07 Å². The quantitative estimate of drug-likeness (QED) is 0.554. The van der Waals surface area contributed by atoms with Crippen LogP contribution in [-0.4, -0.2) is 27.7 Å². The lowest BCUT2D eigenvalue weighted by Crippen LogP contribution is -2.18. The fraction of sp³-hybridized carbons (Fsp3) is 0.188. The Morgan fingerprint density at radius 3 is 2.31 bits per heavy atom. The second-order valence-corrected chi connectivity index (χ2v) is 6.52. The first-order valence-electron chi connectivity index (χ1n) is 7.01. The molecule has 0 unspecified atom stereocenters. The number of benzene rings is 2. The predicted molar refractivity (Wildman–Crippen MR) is 83.9 cm³/mol. The molecule has 0 aliphatic carbocycles. The Morgan fingerprint density at radius 1 is 1.04 bits per heavy atom. The highest BCUT2D eigenvalue weighted by Gasteiger charge is 2.31. The number of ether oxygens (including phenoxy) is 2. The Hall–Kier alpha value is -2.75. The van der Waals surface area contributed by atoms with Crippen molar-refractivity contribution in [1.29, 1.82) is 0 Å². The van der Waals surface area contributed by atoms with Gasteiger partial charge in [0.15, 0.2) is 11.5 Å². The van der Waals surface area contributed by atoms with E-state index in [1.807, 2.05) is 0 Å². The van der Waals surface area contributed by atoms with E-state index < -0.39 is 32.9 Å². The molecule has 0 fully saturated rings. The molecule has 0 saturated heterocycles. The molecule has 0 heterocycles. The highest BCUT2D eigenvalue weighted by molar-refractivity contribution is 7.87. The first kappa shape index (κ1) is 19.6. The van der Waals surface area contributed by atoms with Crippen molar-refractivity contribution in [2.75, 3.05) is 7.11 Å². The number of carbonyl (C=O) groups is 1. The largest absolute Gasteiger partial charge is 0.573 e. The third-order valence-corrected chi connectivity index (χ3v) is 4.33. The van der Waals surface area contributed by atoms with Gasteiger partial charge in [0.05, 0.1) is 12.7 Å². The average molecular weight is 390 g/mol. The predicted octanol–water partition coefficient (Wildman–Crippen LogP) is 3.56. The molecule has 0 atom stereocenters. The summed E-state index contributed by atoms with van der Waals surface area (Å²) in [5.41, 5.74) is -0.0305. The van der Waals surface area contributed by atoms with Crippen LogP contribution in [0.15, 0.2) is 47.4 Å². The van der Waals surface area contributed by atoms with Gasteiger partial charge in [0, 0.05) is 12.1 Å². The minimum atomic E-state index is -4.97. The number of hydrogen-bond acceptors (Lipinski definition) is 6. The summed E-state index contributed by atoms with van der Waals surface area (Å²) < 4.78 is 75.2. The Kier molecular flexibility index (Phi) is 5.45. The van der Waals surface area contributed by atoms with Crippen molar-refractivity contribution in [3.63, 3.8) is 0 Å². The van der Waals surface area contributed by atoms with Gasteiger partial charge in [-0.25, -0.2) is 0 Å². The van der Waals surface area contributed by atoms with Gasteiger partial charge >= 0.3 is 16.5 Å². The molecule has 0 aliphatic rings. The number of alkyl halides is 3. The number of hydrogen-bond donors (Lipinski definition) is 0. The van der Waals surface area contributed by atoms with Gasteiger partial charge < -0.3 is 13.7 Å². The van der Waals surface area contributed by atoms with E-state index in [9.17, 15) is 26.4 Å². The third-order valence-electron chi connectivity index (χ3n) is 3.10. The van der Waals surface area contributed by atoms with E-state index in [4.69, 9.17) is 8.92 Å². The first-order valence-corrected chi connectivity index (χ1v) is 8.42. The van der Waals surface area contributed by atoms with E-state index in [1.165, 1.54) is 32.2 Å². The number of Topliss-reactive ketones (excluding diaryl/α,β-unsaturated/α-hetero) is 1. The normalized spacial score (nSPS) is 11.7. The molecule has 0 aliphatic heterocycles. The van der Waals surface area contributed by atoms with E-state index >= 15 is 0 Å². The van der Waals surface area contributed by atoms with Gasteiger partial charge in [0.25, 0.3) is 0 Å². The zero-order chi connectivity index (χ0) is 19.5. The molecule has 140 valence electrons. The first-order chi connectivity index (χ1) is 12.0. The highest BCUT2D eigenvalue weighted by Crippen LogP contribution is 2.30.